The third-order valence-corrected chi connectivity index (χ3v) is 8.04. The van der Waals surface area contributed by atoms with Crippen molar-refractivity contribution in [3.05, 3.63) is 93.4 Å². The van der Waals surface area contributed by atoms with Crippen molar-refractivity contribution >= 4 is 34.8 Å². The third kappa shape index (κ3) is 5.25. The fourth-order valence-corrected chi connectivity index (χ4v) is 5.95. The normalized spacial score (nSPS) is 15.9. The maximum absolute atomic E-state index is 14.3. The molecule has 0 bridgehead atoms. The zero-order chi connectivity index (χ0) is 31.1. The molecule has 1 atom stereocenters. The van der Waals surface area contributed by atoms with E-state index in [4.69, 9.17) is 0 Å². The van der Waals surface area contributed by atoms with E-state index in [9.17, 15) is 28.0 Å². The van der Waals surface area contributed by atoms with Gasteiger partial charge in [0.2, 0.25) is 5.91 Å². The van der Waals surface area contributed by atoms with Gasteiger partial charge in [-0.1, -0.05) is 18.2 Å². The molecule has 226 valence electrons. The lowest BCUT2D eigenvalue weighted by atomic mass is 9.80. The second-order valence-electron chi connectivity index (χ2n) is 11.1. The molecule has 1 aliphatic heterocycles. The lowest BCUT2D eigenvalue weighted by Crippen LogP contribution is -2.43. The molecule has 2 amide bonds. The molecule has 2 aliphatic rings. The van der Waals surface area contributed by atoms with Gasteiger partial charge in [0.05, 0.1) is 5.69 Å². The number of tetrazole rings is 1. The van der Waals surface area contributed by atoms with Gasteiger partial charge in [-0.05, 0) is 82.3 Å². The Hall–Kier alpha value is -5.20. The van der Waals surface area contributed by atoms with Crippen molar-refractivity contribution in [2.45, 2.75) is 38.0 Å². The van der Waals surface area contributed by atoms with Crippen LogP contribution in [0.25, 0.3) is 5.69 Å². The molecule has 6 rings (SSSR count). The van der Waals surface area contributed by atoms with Gasteiger partial charge in [-0.25, -0.2) is 18.4 Å². The molecule has 0 radical (unpaired) electrons. The van der Waals surface area contributed by atoms with Crippen LogP contribution in [0.4, 0.5) is 30.6 Å². The number of Topliss-reactive ketones (excluding diaryl/α,β-unsaturated/α-hetero) is 1. The van der Waals surface area contributed by atoms with E-state index in [2.05, 4.69) is 15.7 Å². The zero-order valence-corrected chi connectivity index (χ0v) is 24.1. The quantitative estimate of drug-likeness (QED) is 0.345. The second kappa shape index (κ2) is 11.5. The first kappa shape index (κ1) is 28.9. The van der Waals surface area contributed by atoms with Gasteiger partial charge in [0.25, 0.3) is 0 Å². The number of hydrogen-bond donors (Lipinski definition) is 1. The largest absolute Gasteiger partial charge is 0.378 e. The Morgan fingerprint density at radius 1 is 1.02 bits per heavy atom. The average Bonchev–Trinajstić information content (AvgIpc) is 3.36. The molecule has 13 heteroatoms. The molecular weight excluding hydrogens is 572 g/mol. The lowest BCUT2D eigenvalue weighted by molar-refractivity contribution is -0.120. The minimum absolute atomic E-state index is 0.0855. The average molecular weight is 602 g/mol. The minimum Gasteiger partial charge on any atom is -0.378 e. The van der Waals surface area contributed by atoms with Crippen LogP contribution in [0.15, 0.2) is 59.4 Å². The predicted molar refractivity (Wildman–Crippen MR) is 159 cm³/mol. The summed E-state index contributed by atoms with van der Waals surface area (Å²) in [5.41, 5.74) is 2.72. The van der Waals surface area contributed by atoms with Gasteiger partial charge < -0.3 is 10.2 Å². The number of carbonyl (C=O) groups excluding carboxylic acids is 3. The molecule has 1 aliphatic carbocycles. The van der Waals surface area contributed by atoms with Crippen LogP contribution in [0.3, 0.4) is 0 Å². The molecule has 3 aromatic carbocycles. The highest BCUT2D eigenvalue weighted by Crippen LogP contribution is 2.36. The fraction of sp³-hybridized carbons (Fsp3) is 0.290. The number of rotatable bonds is 5. The van der Waals surface area contributed by atoms with Gasteiger partial charge in [-0.3, -0.25) is 14.5 Å². The number of aromatic nitrogens is 4. The van der Waals surface area contributed by atoms with E-state index in [1.54, 1.807) is 18.2 Å². The summed E-state index contributed by atoms with van der Waals surface area (Å²) >= 11 is 0. The first-order valence-electron chi connectivity index (χ1n) is 14.2. The summed E-state index contributed by atoms with van der Waals surface area (Å²) in [5, 5.41) is 10.1. The summed E-state index contributed by atoms with van der Waals surface area (Å²) in [6.45, 7) is 0.243. The SMILES string of the molecule is CN(C)c1ccc2c(c1)CC(=O)CC2CC(=O)Nc1cccc2c1CCCN2C(=O)n1nnn(-c2c(F)cccc2F)c1=O. The summed E-state index contributed by atoms with van der Waals surface area (Å²) in [4.78, 5) is 55.6. The van der Waals surface area contributed by atoms with Gasteiger partial charge in [0.1, 0.15) is 11.5 Å². The van der Waals surface area contributed by atoms with Crippen molar-refractivity contribution in [3.8, 4) is 5.69 Å². The number of benzene rings is 3. The number of para-hydroxylation sites is 1. The highest BCUT2D eigenvalue weighted by molar-refractivity contribution is 5.98. The number of fused-ring (bicyclic) bond motifs is 2. The molecule has 0 saturated heterocycles. The van der Waals surface area contributed by atoms with Crippen LogP contribution in [0, 0.1) is 11.6 Å². The van der Waals surface area contributed by atoms with Crippen LogP contribution in [-0.4, -0.2) is 58.2 Å². The molecule has 1 unspecified atom stereocenters. The Labute approximate surface area is 250 Å². The van der Waals surface area contributed by atoms with Crippen molar-refractivity contribution in [1.29, 1.82) is 0 Å². The van der Waals surface area contributed by atoms with Gasteiger partial charge in [-0.2, -0.15) is 4.68 Å². The number of ketones is 1. The van der Waals surface area contributed by atoms with Crippen molar-refractivity contribution in [1.82, 2.24) is 19.8 Å². The molecular formula is C31H29F2N7O4. The first-order valence-corrected chi connectivity index (χ1v) is 14.2. The predicted octanol–water partition coefficient (Wildman–Crippen LogP) is 3.82. The summed E-state index contributed by atoms with van der Waals surface area (Å²) in [7, 11) is 3.86. The molecule has 1 N–H and O–H groups in total. The van der Waals surface area contributed by atoms with Crippen LogP contribution in [0.2, 0.25) is 0 Å². The second-order valence-corrected chi connectivity index (χ2v) is 11.1. The summed E-state index contributed by atoms with van der Waals surface area (Å²) < 4.78 is 29.4. The molecule has 4 aromatic rings. The Morgan fingerprint density at radius 2 is 1.77 bits per heavy atom. The number of hydrogen-bond acceptors (Lipinski definition) is 7. The maximum Gasteiger partial charge on any atom is 0.377 e. The van der Waals surface area contributed by atoms with E-state index in [1.165, 1.54) is 4.90 Å². The number of nitrogens with zero attached hydrogens (tertiary/aromatic N) is 6. The summed E-state index contributed by atoms with van der Waals surface area (Å²) in [6, 6.07) is 13.3. The Morgan fingerprint density at radius 3 is 2.52 bits per heavy atom. The molecule has 44 heavy (non-hydrogen) atoms. The monoisotopic (exact) mass is 601 g/mol. The molecule has 2 heterocycles. The topological polar surface area (TPSA) is 122 Å². The Balaban J connectivity index is 1.23. The van der Waals surface area contributed by atoms with Crippen molar-refractivity contribution in [3.63, 3.8) is 0 Å². The molecule has 11 nitrogen and oxygen atoms in total. The van der Waals surface area contributed by atoms with E-state index in [-0.39, 0.29) is 37.0 Å². The van der Waals surface area contributed by atoms with Crippen molar-refractivity contribution in [2.24, 2.45) is 0 Å². The van der Waals surface area contributed by atoms with Crippen LogP contribution in [0.5, 0.6) is 0 Å². The van der Waals surface area contributed by atoms with Gasteiger partial charge in [0.15, 0.2) is 11.6 Å². The fourth-order valence-electron chi connectivity index (χ4n) is 5.95. The minimum atomic E-state index is -1.13. The highest BCUT2D eigenvalue weighted by Gasteiger charge is 2.31. The number of nitrogens with one attached hydrogen (secondary N) is 1. The van der Waals surface area contributed by atoms with Crippen molar-refractivity contribution in [2.75, 3.05) is 35.8 Å². The highest BCUT2D eigenvalue weighted by atomic mass is 19.1. The van der Waals surface area contributed by atoms with Gasteiger partial charge >= 0.3 is 11.7 Å². The van der Waals surface area contributed by atoms with Gasteiger partial charge in [0, 0.05) is 51.3 Å². The van der Waals surface area contributed by atoms with Gasteiger partial charge in [-0.15, -0.1) is 4.68 Å². The smallest absolute Gasteiger partial charge is 0.377 e. The molecule has 0 saturated carbocycles. The van der Waals surface area contributed by atoms with E-state index in [0.29, 0.717) is 45.6 Å². The van der Waals surface area contributed by atoms with Crippen LogP contribution in [-0.2, 0) is 22.4 Å². The standard InChI is InChI=1S/C31H29F2N7O4/c1-37(2)20-11-12-22-18(14-20)15-21(41)16-19(22)17-28(42)34-26-9-4-10-27-23(26)6-5-13-38(27)30(43)40-31(44)39(35-36-40)29-24(32)7-3-8-25(29)33/h3-4,7-12,14,19H,5-6,13,15-17H2,1-2H3,(H,34,42). The summed E-state index contributed by atoms with van der Waals surface area (Å²) in [6.07, 6.45) is 1.81. The lowest BCUT2D eigenvalue weighted by Gasteiger charge is -2.30. The molecule has 0 spiro atoms. The number of carbonyl (C=O) groups is 3. The van der Waals surface area contributed by atoms with E-state index < -0.39 is 29.0 Å². The Bertz CT molecular complexity index is 1850. The molecule has 0 fully saturated rings. The van der Waals surface area contributed by atoms with Crippen LogP contribution < -0.4 is 20.8 Å². The van der Waals surface area contributed by atoms with Crippen LogP contribution in [0.1, 0.15) is 41.9 Å². The number of amides is 2. The van der Waals surface area contributed by atoms with E-state index >= 15 is 0 Å². The van der Waals surface area contributed by atoms with E-state index in [1.807, 2.05) is 37.2 Å². The maximum atomic E-state index is 14.3. The summed E-state index contributed by atoms with van der Waals surface area (Å²) in [5.74, 6) is -2.50. The third-order valence-electron chi connectivity index (χ3n) is 8.04. The Kier molecular flexibility index (Phi) is 7.53. The number of anilines is 3. The molecule has 1 aromatic heterocycles. The first-order chi connectivity index (χ1) is 21.1. The number of halogens is 2. The van der Waals surface area contributed by atoms with Crippen molar-refractivity contribution < 1.29 is 23.2 Å². The van der Waals surface area contributed by atoms with E-state index in [0.717, 1.165) is 35.0 Å². The van der Waals surface area contributed by atoms with Crippen LogP contribution >= 0.6 is 0 Å². The zero-order valence-electron chi connectivity index (χ0n) is 24.1.